The van der Waals surface area contributed by atoms with E-state index < -0.39 is 22.2 Å². The minimum Gasteiger partial charge on any atom is -0.442 e. The fraction of sp³-hybridized carbons (Fsp3) is 0.240. The van der Waals surface area contributed by atoms with Crippen LogP contribution in [0.1, 0.15) is 15.9 Å². The van der Waals surface area contributed by atoms with Crippen molar-refractivity contribution in [3.63, 3.8) is 0 Å². The van der Waals surface area contributed by atoms with Gasteiger partial charge in [-0.05, 0) is 59.3 Å². The van der Waals surface area contributed by atoms with Crippen molar-refractivity contribution >= 4 is 55.9 Å². The van der Waals surface area contributed by atoms with E-state index in [0.717, 1.165) is 17.0 Å². The fourth-order valence-electron chi connectivity index (χ4n) is 3.85. The SMILES string of the molecule is CN(C)/C(=N\S(C)(=O)=O)c1ccc(N2CC(CNC(=O)c3ccc4cc(Cl)ccc4c3)OC2=O)cc1. The molecule has 0 aliphatic carbocycles. The summed E-state index contributed by atoms with van der Waals surface area (Å²) in [5, 5.41) is 5.28. The maximum atomic E-state index is 12.7. The molecule has 1 N–H and O–H groups in total. The van der Waals surface area contributed by atoms with Gasteiger partial charge < -0.3 is 15.0 Å². The highest BCUT2D eigenvalue weighted by atomic mass is 35.5. The maximum absolute atomic E-state index is 12.7. The first kappa shape index (κ1) is 25.5. The lowest BCUT2D eigenvalue weighted by atomic mass is 10.1. The van der Waals surface area contributed by atoms with Gasteiger partial charge in [0.15, 0.2) is 0 Å². The summed E-state index contributed by atoms with van der Waals surface area (Å²) in [5.41, 5.74) is 1.67. The number of nitrogens with one attached hydrogen (secondary N) is 1. The van der Waals surface area contributed by atoms with Gasteiger partial charge in [-0.15, -0.1) is 4.40 Å². The number of rotatable bonds is 6. The Balaban J connectivity index is 1.40. The first-order valence-corrected chi connectivity index (χ1v) is 13.3. The van der Waals surface area contributed by atoms with Gasteiger partial charge in [0, 0.05) is 35.9 Å². The molecular weight excluding hydrogens is 504 g/mol. The zero-order valence-corrected chi connectivity index (χ0v) is 21.5. The van der Waals surface area contributed by atoms with Crippen molar-refractivity contribution in [2.75, 3.05) is 38.3 Å². The number of amides is 2. The summed E-state index contributed by atoms with van der Waals surface area (Å²) >= 11 is 6.01. The number of anilines is 1. The van der Waals surface area contributed by atoms with Crippen LogP contribution in [0.15, 0.2) is 65.1 Å². The van der Waals surface area contributed by atoms with Crippen LogP contribution in [0.2, 0.25) is 5.02 Å². The van der Waals surface area contributed by atoms with Crippen LogP contribution in [-0.2, 0) is 14.8 Å². The highest BCUT2D eigenvalue weighted by molar-refractivity contribution is 7.89. The van der Waals surface area contributed by atoms with Crippen molar-refractivity contribution < 1.29 is 22.7 Å². The first-order chi connectivity index (χ1) is 17.0. The molecule has 0 bridgehead atoms. The lowest BCUT2D eigenvalue weighted by Gasteiger charge is -2.17. The van der Waals surface area contributed by atoms with Gasteiger partial charge in [0.1, 0.15) is 11.9 Å². The molecule has 1 fully saturated rings. The van der Waals surface area contributed by atoms with E-state index in [-0.39, 0.29) is 24.8 Å². The Morgan fingerprint density at radius 1 is 1.08 bits per heavy atom. The number of halogens is 1. The quantitative estimate of drug-likeness (QED) is 0.387. The van der Waals surface area contributed by atoms with Gasteiger partial charge in [0.25, 0.3) is 15.9 Å². The van der Waals surface area contributed by atoms with Crippen molar-refractivity contribution in [3.05, 3.63) is 76.8 Å². The second-order valence-electron chi connectivity index (χ2n) is 8.62. The molecule has 188 valence electrons. The van der Waals surface area contributed by atoms with E-state index in [4.69, 9.17) is 16.3 Å². The number of nitrogens with zero attached hydrogens (tertiary/aromatic N) is 3. The lowest BCUT2D eigenvalue weighted by molar-refractivity contribution is 0.0916. The molecule has 4 rings (SSSR count). The van der Waals surface area contributed by atoms with E-state index in [1.165, 1.54) is 4.90 Å². The minimum atomic E-state index is -3.58. The zero-order chi connectivity index (χ0) is 26.0. The van der Waals surface area contributed by atoms with Gasteiger partial charge in [0.05, 0.1) is 19.3 Å². The molecule has 1 heterocycles. The number of sulfonamides is 1. The molecule has 1 unspecified atom stereocenters. The monoisotopic (exact) mass is 528 g/mol. The van der Waals surface area contributed by atoms with E-state index in [9.17, 15) is 18.0 Å². The average molecular weight is 529 g/mol. The largest absolute Gasteiger partial charge is 0.442 e. The van der Waals surface area contributed by atoms with Gasteiger partial charge in [-0.3, -0.25) is 9.69 Å². The zero-order valence-electron chi connectivity index (χ0n) is 19.9. The molecule has 1 aliphatic rings. The van der Waals surface area contributed by atoms with E-state index in [0.29, 0.717) is 21.8 Å². The number of ether oxygens (including phenoxy) is 1. The third kappa shape index (κ3) is 5.95. The topological polar surface area (TPSA) is 108 Å². The van der Waals surface area contributed by atoms with E-state index >= 15 is 0 Å². The molecule has 0 spiro atoms. The van der Waals surface area contributed by atoms with Crippen molar-refractivity contribution in [3.8, 4) is 0 Å². The van der Waals surface area contributed by atoms with Gasteiger partial charge in [-0.1, -0.05) is 23.7 Å². The molecule has 9 nitrogen and oxygen atoms in total. The predicted octanol–water partition coefficient (Wildman–Crippen LogP) is 3.52. The fourth-order valence-corrected chi connectivity index (χ4v) is 4.61. The molecule has 1 saturated heterocycles. The molecule has 0 aromatic heterocycles. The highest BCUT2D eigenvalue weighted by Gasteiger charge is 2.32. The summed E-state index contributed by atoms with van der Waals surface area (Å²) in [4.78, 5) is 28.2. The predicted molar refractivity (Wildman–Crippen MR) is 140 cm³/mol. The van der Waals surface area contributed by atoms with Crippen LogP contribution in [0.5, 0.6) is 0 Å². The summed E-state index contributed by atoms with van der Waals surface area (Å²) in [6.45, 7) is 0.413. The van der Waals surface area contributed by atoms with Crippen molar-refractivity contribution in [1.82, 2.24) is 10.2 Å². The molecule has 0 radical (unpaired) electrons. The lowest BCUT2D eigenvalue weighted by Crippen LogP contribution is -2.34. The molecule has 3 aromatic carbocycles. The molecule has 1 atom stereocenters. The van der Waals surface area contributed by atoms with Crippen LogP contribution >= 0.6 is 11.6 Å². The number of carbonyl (C=O) groups is 2. The van der Waals surface area contributed by atoms with Crippen LogP contribution in [0, 0.1) is 0 Å². The Bertz CT molecular complexity index is 1460. The Kier molecular flexibility index (Phi) is 7.18. The second kappa shape index (κ2) is 10.2. The smallest absolute Gasteiger partial charge is 0.414 e. The normalized spacial score (nSPS) is 16.2. The number of benzene rings is 3. The number of hydrogen-bond acceptors (Lipinski definition) is 5. The standard InChI is InChI=1S/C25H25ClN4O5S/c1-29(2)23(28-36(3,33)34)16-7-10-21(11-8-16)30-15-22(35-25(30)32)14-27-24(31)19-5-4-18-13-20(26)9-6-17(18)12-19/h4-13,22H,14-15H2,1-3H3,(H,27,31)/b28-23-. The third-order valence-corrected chi connectivity index (χ3v) is 6.28. The van der Waals surface area contributed by atoms with Gasteiger partial charge >= 0.3 is 6.09 Å². The summed E-state index contributed by atoms with van der Waals surface area (Å²) in [6.07, 6.45) is -0.0215. The molecule has 11 heteroatoms. The molecule has 3 aromatic rings. The minimum absolute atomic E-state index is 0.156. The number of fused-ring (bicyclic) bond motifs is 1. The van der Waals surface area contributed by atoms with Crippen molar-refractivity contribution in [2.24, 2.45) is 4.40 Å². The van der Waals surface area contributed by atoms with E-state index in [1.54, 1.807) is 61.5 Å². The molecule has 2 amide bonds. The Hall–Kier alpha value is -3.63. The van der Waals surface area contributed by atoms with Gasteiger partial charge in [-0.25, -0.2) is 13.2 Å². The van der Waals surface area contributed by atoms with Gasteiger partial charge in [-0.2, -0.15) is 0 Å². The number of amidine groups is 1. The average Bonchev–Trinajstić information content (AvgIpc) is 3.20. The molecule has 36 heavy (non-hydrogen) atoms. The van der Waals surface area contributed by atoms with Gasteiger partial charge in [0.2, 0.25) is 0 Å². The van der Waals surface area contributed by atoms with Crippen LogP contribution in [0.3, 0.4) is 0 Å². The summed E-state index contributed by atoms with van der Waals surface area (Å²) in [7, 11) is -0.189. The van der Waals surface area contributed by atoms with E-state index in [2.05, 4.69) is 9.71 Å². The Labute approximate surface area is 214 Å². The van der Waals surface area contributed by atoms with Crippen LogP contribution in [-0.4, -0.2) is 70.7 Å². The summed E-state index contributed by atoms with van der Waals surface area (Å²) in [5.74, 6) is 0.0116. The molecule has 0 saturated carbocycles. The molecular formula is C25H25ClN4O5S. The number of carbonyl (C=O) groups excluding carboxylic acids is 2. The first-order valence-electron chi connectivity index (χ1n) is 11.0. The maximum Gasteiger partial charge on any atom is 0.414 e. The van der Waals surface area contributed by atoms with Crippen LogP contribution in [0.4, 0.5) is 10.5 Å². The van der Waals surface area contributed by atoms with Crippen LogP contribution < -0.4 is 10.2 Å². The van der Waals surface area contributed by atoms with Crippen molar-refractivity contribution in [1.29, 1.82) is 0 Å². The number of hydrogen-bond donors (Lipinski definition) is 1. The summed E-state index contributed by atoms with van der Waals surface area (Å²) in [6, 6.07) is 17.6. The second-order valence-corrected chi connectivity index (χ2v) is 10.7. The van der Waals surface area contributed by atoms with Crippen LogP contribution in [0.25, 0.3) is 10.8 Å². The van der Waals surface area contributed by atoms with E-state index in [1.807, 2.05) is 18.2 Å². The molecule has 1 aliphatic heterocycles. The highest BCUT2D eigenvalue weighted by Crippen LogP contribution is 2.23. The van der Waals surface area contributed by atoms with Crippen molar-refractivity contribution in [2.45, 2.75) is 6.10 Å². The third-order valence-electron chi connectivity index (χ3n) is 5.54. The number of cyclic esters (lactones) is 1. The summed E-state index contributed by atoms with van der Waals surface area (Å²) < 4.78 is 32.5. The Morgan fingerprint density at radius 3 is 2.39 bits per heavy atom. The Morgan fingerprint density at radius 2 is 1.72 bits per heavy atom.